The van der Waals surface area contributed by atoms with Crippen molar-refractivity contribution in [3.8, 4) is 0 Å². The summed E-state index contributed by atoms with van der Waals surface area (Å²) in [6.45, 7) is 0. The van der Waals surface area contributed by atoms with Crippen molar-refractivity contribution in [3.05, 3.63) is 77.3 Å². The molecule has 86 valence electrons. The van der Waals surface area contributed by atoms with Crippen LogP contribution in [-0.4, -0.2) is 0 Å². The molecule has 0 saturated heterocycles. The van der Waals surface area contributed by atoms with Gasteiger partial charge in [0.15, 0.2) is 12.4 Å². The third kappa shape index (κ3) is 3.76. The second-order valence-electron chi connectivity index (χ2n) is 3.92. The summed E-state index contributed by atoms with van der Waals surface area (Å²) in [5.41, 5.74) is 2.28. The molecule has 0 amide bonds. The minimum absolute atomic E-state index is 0.816. The first-order valence-corrected chi connectivity index (χ1v) is 5.74. The van der Waals surface area contributed by atoms with E-state index >= 15 is 0 Å². The average Bonchev–Trinajstić information content (AvgIpc) is 2.36. The first-order chi connectivity index (χ1) is 8.34. The molecule has 2 heteroatoms. The van der Waals surface area contributed by atoms with Gasteiger partial charge in [-0.25, -0.2) is 0 Å². The number of benzene rings is 1. The molecule has 1 aromatic heterocycles. The zero-order chi connectivity index (χ0) is 11.9. The number of nitrogens with zero attached hydrogens (tertiary/aromatic N) is 1. The molecule has 0 aliphatic heterocycles. The molecule has 0 spiro atoms. The highest BCUT2D eigenvalue weighted by molar-refractivity contribution is 5.46. The summed E-state index contributed by atoms with van der Waals surface area (Å²) in [6.07, 6.45) is 9.15. The summed E-state index contributed by atoms with van der Waals surface area (Å²) < 4.78 is 0.816. The van der Waals surface area contributed by atoms with Crippen molar-refractivity contribution in [1.29, 1.82) is 0 Å². The van der Waals surface area contributed by atoms with Crippen LogP contribution >= 0.6 is 0 Å². The predicted octanol–water partition coefficient (Wildman–Crippen LogP) is 2.97. The molecular formula is C15H15NO. The summed E-state index contributed by atoms with van der Waals surface area (Å²) in [7, 11) is 0. The number of aromatic nitrogens is 1. The van der Waals surface area contributed by atoms with E-state index in [0.29, 0.717) is 0 Å². The van der Waals surface area contributed by atoms with Crippen molar-refractivity contribution in [2.75, 3.05) is 0 Å². The standard InChI is InChI=1S/C15H15NO/c17-16-12-6-11-15(13-16)10-5-4-9-14-7-2-1-3-8-14/h1-3,5-8,10-13H,4,9H2. The molecule has 2 nitrogen and oxygen atoms in total. The number of hydrogen-bond donors (Lipinski definition) is 0. The van der Waals surface area contributed by atoms with Crippen molar-refractivity contribution in [1.82, 2.24) is 0 Å². The molecule has 2 rings (SSSR count). The van der Waals surface area contributed by atoms with E-state index in [-0.39, 0.29) is 0 Å². The summed E-state index contributed by atoms with van der Waals surface area (Å²) in [5, 5.41) is 11.0. The van der Waals surface area contributed by atoms with E-state index in [1.54, 1.807) is 12.3 Å². The summed E-state index contributed by atoms with van der Waals surface area (Å²) in [6, 6.07) is 14.1. The van der Waals surface area contributed by atoms with E-state index in [4.69, 9.17) is 0 Å². The van der Waals surface area contributed by atoms with Crippen LogP contribution in [0.15, 0.2) is 60.9 Å². The Morgan fingerprint density at radius 1 is 1.06 bits per heavy atom. The van der Waals surface area contributed by atoms with Crippen LogP contribution in [0.4, 0.5) is 0 Å². The highest BCUT2D eigenvalue weighted by Gasteiger charge is 1.92. The maximum absolute atomic E-state index is 11.0. The Balaban J connectivity index is 1.86. The smallest absolute Gasteiger partial charge is 0.187 e. The summed E-state index contributed by atoms with van der Waals surface area (Å²) >= 11 is 0. The number of allylic oxidation sites excluding steroid dienone is 1. The van der Waals surface area contributed by atoms with Crippen molar-refractivity contribution in [2.45, 2.75) is 12.8 Å². The quantitative estimate of drug-likeness (QED) is 0.580. The lowest BCUT2D eigenvalue weighted by atomic mass is 10.1. The van der Waals surface area contributed by atoms with Crippen molar-refractivity contribution in [3.63, 3.8) is 0 Å². The fourth-order valence-electron chi connectivity index (χ4n) is 1.68. The van der Waals surface area contributed by atoms with E-state index in [1.807, 2.05) is 18.2 Å². The van der Waals surface area contributed by atoms with Crippen molar-refractivity contribution in [2.24, 2.45) is 0 Å². The zero-order valence-electron chi connectivity index (χ0n) is 9.62. The highest BCUT2D eigenvalue weighted by atomic mass is 16.5. The molecule has 0 N–H and O–H groups in total. The van der Waals surface area contributed by atoms with Gasteiger partial charge in [0.1, 0.15) is 0 Å². The van der Waals surface area contributed by atoms with Gasteiger partial charge >= 0.3 is 0 Å². The zero-order valence-corrected chi connectivity index (χ0v) is 9.62. The average molecular weight is 225 g/mol. The number of aryl methyl sites for hydroxylation is 1. The first kappa shape index (κ1) is 11.4. The van der Waals surface area contributed by atoms with Gasteiger partial charge in [-0.1, -0.05) is 42.5 Å². The third-order valence-corrected chi connectivity index (χ3v) is 2.55. The Kier molecular flexibility index (Phi) is 3.92. The van der Waals surface area contributed by atoms with Crippen LogP contribution in [0.5, 0.6) is 0 Å². The Labute approximate surface area is 101 Å². The van der Waals surface area contributed by atoms with Gasteiger partial charge in [-0.2, -0.15) is 4.73 Å². The molecular weight excluding hydrogens is 210 g/mol. The lowest BCUT2D eigenvalue weighted by molar-refractivity contribution is -0.605. The van der Waals surface area contributed by atoms with Crippen molar-refractivity contribution >= 4 is 6.08 Å². The molecule has 0 unspecified atom stereocenters. The topological polar surface area (TPSA) is 26.9 Å². The number of rotatable bonds is 4. The second-order valence-corrected chi connectivity index (χ2v) is 3.92. The Hall–Kier alpha value is -2.09. The van der Waals surface area contributed by atoms with Gasteiger partial charge in [0.05, 0.1) is 0 Å². The van der Waals surface area contributed by atoms with Gasteiger partial charge in [-0.15, -0.1) is 0 Å². The minimum atomic E-state index is 0.816. The maximum atomic E-state index is 11.0. The molecule has 0 aliphatic carbocycles. The maximum Gasteiger partial charge on any atom is 0.187 e. The van der Waals surface area contributed by atoms with E-state index in [2.05, 4.69) is 30.3 Å². The van der Waals surface area contributed by atoms with Gasteiger partial charge in [-0.3, -0.25) is 0 Å². The normalized spacial score (nSPS) is 10.8. The van der Waals surface area contributed by atoms with Gasteiger partial charge in [-0.05, 0) is 24.5 Å². The lowest BCUT2D eigenvalue weighted by Crippen LogP contribution is -2.24. The van der Waals surface area contributed by atoms with Gasteiger partial charge in [0.25, 0.3) is 0 Å². The van der Waals surface area contributed by atoms with Crippen molar-refractivity contribution < 1.29 is 4.73 Å². The molecule has 0 aliphatic rings. The summed E-state index contributed by atoms with van der Waals surface area (Å²) in [5.74, 6) is 0. The fraction of sp³-hybridized carbons (Fsp3) is 0.133. The largest absolute Gasteiger partial charge is 0.619 e. The molecule has 0 fully saturated rings. The molecule has 0 atom stereocenters. The SMILES string of the molecule is [O-][n+]1cccc(C=CCCc2ccccc2)c1. The first-order valence-electron chi connectivity index (χ1n) is 5.74. The van der Waals surface area contributed by atoms with Gasteiger partial charge < -0.3 is 5.21 Å². The molecule has 0 saturated carbocycles. The van der Waals surface area contributed by atoms with E-state index in [9.17, 15) is 5.21 Å². The predicted molar refractivity (Wildman–Crippen MR) is 69.2 cm³/mol. The molecule has 1 heterocycles. The molecule has 0 bridgehead atoms. The van der Waals surface area contributed by atoms with E-state index in [1.165, 1.54) is 11.8 Å². The van der Waals surface area contributed by atoms with E-state index < -0.39 is 0 Å². The molecule has 17 heavy (non-hydrogen) atoms. The van der Waals surface area contributed by atoms with Crippen LogP contribution in [0.2, 0.25) is 0 Å². The second kappa shape index (κ2) is 5.85. The Morgan fingerprint density at radius 3 is 2.65 bits per heavy atom. The fourth-order valence-corrected chi connectivity index (χ4v) is 1.68. The van der Waals surface area contributed by atoms with Crippen LogP contribution in [0, 0.1) is 5.21 Å². The number of pyridine rings is 1. The van der Waals surface area contributed by atoms with Crippen LogP contribution in [0.1, 0.15) is 17.5 Å². The van der Waals surface area contributed by atoms with Crippen LogP contribution in [-0.2, 0) is 6.42 Å². The molecule has 0 radical (unpaired) electrons. The number of hydrogen-bond acceptors (Lipinski definition) is 1. The Bertz CT molecular complexity index is 491. The lowest BCUT2D eigenvalue weighted by Gasteiger charge is -1.97. The van der Waals surface area contributed by atoms with Crippen LogP contribution in [0.3, 0.4) is 0 Å². The van der Waals surface area contributed by atoms with Crippen LogP contribution in [0.25, 0.3) is 6.08 Å². The Morgan fingerprint density at radius 2 is 1.88 bits per heavy atom. The molecule has 2 aromatic rings. The monoisotopic (exact) mass is 225 g/mol. The van der Waals surface area contributed by atoms with Gasteiger partial charge in [0.2, 0.25) is 0 Å². The minimum Gasteiger partial charge on any atom is -0.619 e. The summed E-state index contributed by atoms with van der Waals surface area (Å²) in [4.78, 5) is 0. The molecule has 1 aromatic carbocycles. The van der Waals surface area contributed by atoms with Crippen LogP contribution < -0.4 is 4.73 Å². The van der Waals surface area contributed by atoms with Gasteiger partial charge in [0, 0.05) is 11.6 Å². The third-order valence-electron chi connectivity index (χ3n) is 2.55. The van der Waals surface area contributed by atoms with E-state index in [0.717, 1.165) is 23.1 Å². The highest BCUT2D eigenvalue weighted by Crippen LogP contribution is 2.05.